The van der Waals surface area contributed by atoms with Crippen molar-refractivity contribution in [2.45, 2.75) is 0 Å². The number of hydrazone groups is 1. The Morgan fingerprint density at radius 1 is 1.21 bits per heavy atom. The van der Waals surface area contributed by atoms with Crippen molar-refractivity contribution < 1.29 is 4.79 Å². The summed E-state index contributed by atoms with van der Waals surface area (Å²) < 4.78 is 0. The van der Waals surface area contributed by atoms with Crippen molar-refractivity contribution in [1.82, 2.24) is 10.4 Å². The molecule has 0 fully saturated rings. The van der Waals surface area contributed by atoms with Crippen LogP contribution in [-0.2, 0) is 0 Å². The number of pyridine rings is 1. The van der Waals surface area contributed by atoms with Gasteiger partial charge in [-0.1, -0.05) is 35.3 Å². The lowest BCUT2D eigenvalue weighted by Crippen LogP contribution is -2.17. The largest absolute Gasteiger partial charge is 0.271 e. The van der Waals surface area contributed by atoms with Gasteiger partial charge in [-0.25, -0.2) is 5.43 Å². The minimum absolute atomic E-state index is 0.322. The molecule has 6 heteroatoms. The summed E-state index contributed by atoms with van der Waals surface area (Å²) in [5, 5.41) is 4.66. The maximum absolute atomic E-state index is 11.7. The third-order valence-corrected chi connectivity index (χ3v) is 3.13. The fraction of sp³-hybridized carbons (Fsp3) is 0. The smallest absolute Gasteiger partial charge is 0.267 e. The molecule has 0 saturated carbocycles. The number of benzene rings is 1. The van der Waals surface area contributed by atoms with E-state index >= 15 is 0 Å². The van der Waals surface area contributed by atoms with Gasteiger partial charge < -0.3 is 0 Å². The van der Waals surface area contributed by atoms with Crippen LogP contribution in [0.15, 0.2) is 47.8 Å². The summed E-state index contributed by atoms with van der Waals surface area (Å²) in [5.41, 5.74) is 3.50. The first-order valence-corrected chi connectivity index (χ1v) is 6.11. The van der Waals surface area contributed by atoms with E-state index in [-0.39, 0.29) is 5.91 Å². The molecule has 1 aromatic heterocycles. The monoisotopic (exact) mass is 293 g/mol. The molecule has 0 aliphatic rings. The average Bonchev–Trinajstić information content (AvgIpc) is 2.44. The van der Waals surface area contributed by atoms with Crippen LogP contribution in [0.5, 0.6) is 0 Å². The molecule has 0 spiro atoms. The van der Waals surface area contributed by atoms with E-state index in [4.69, 9.17) is 23.2 Å². The number of aromatic nitrogens is 1. The molecular weight excluding hydrogens is 285 g/mol. The van der Waals surface area contributed by atoms with Gasteiger partial charge >= 0.3 is 0 Å². The van der Waals surface area contributed by atoms with Gasteiger partial charge in [0, 0.05) is 23.5 Å². The summed E-state index contributed by atoms with van der Waals surface area (Å²) >= 11 is 11.8. The number of carbonyl (C=O) groups excluding carboxylic acids is 1. The van der Waals surface area contributed by atoms with Gasteiger partial charge in [0.05, 0.1) is 16.3 Å². The van der Waals surface area contributed by atoms with Gasteiger partial charge in [-0.05, 0) is 18.2 Å². The van der Waals surface area contributed by atoms with Crippen LogP contribution in [-0.4, -0.2) is 17.1 Å². The van der Waals surface area contributed by atoms with Crippen molar-refractivity contribution in [3.8, 4) is 0 Å². The van der Waals surface area contributed by atoms with Gasteiger partial charge in [0.15, 0.2) is 0 Å². The van der Waals surface area contributed by atoms with Crippen LogP contribution in [0.3, 0.4) is 0 Å². The summed E-state index contributed by atoms with van der Waals surface area (Å²) in [6.45, 7) is 0. The van der Waals surface area contributed by atoms with Crippen molar-refractivity contribution in [2.75, 3.05) is 0 Å². The van der Waals surface area contributed by atoms with E-state index in [1.54, 1.807) is 30.3 Å². The van der Waals surface area contributed by atoms with Crippen molar-refractivity contribution in [1.29, 1.82) is 0 Å². The number of amides is 1. The number of nitrogens with one attached hydrogen (secondary N) is 1. The third kappa shape index (κ3) is 3.53. The fourth-order valence-corrected chi connectivity index (χ4v) is 1.71. The van der Waals surface area contributed by atoms with E-state index in [1.807, 2.05) is 0 Å². The normalized spacial score (nSPS) is 10.6. The highest BCUT2D eigenvalue weighted by molar-refractivity contribution is 6.43. The fourth-order valence-electron chi connectivity index (χ4n) is 1.35. The minimum Gasteiger partial charge on any atom is -0.267 e. The lowest BCUT2D eigenvalue weighted by atomic mass is 10.2. The van der Waals surface area contributed by atoms with Crippen LogP contribution in [0.4, 0.5) is 0 Å². The minimum atomic E-state index is -0.322. The third-order valence-electron chi connectivity index (χ3n) is 2.29. The number of carbonyl (C=O) groups is 1. The number of rotatable bonds is 3. The second-order valence-electron chi connectivity index (χ2n) is 3.58. The first-order chi connectivity index (χ1) is 9.18. The summed E-state index contributed by atoms with van der Waals surface area (Å²) in [6, 6.07) is 8.36. The lowest BCUT2D eigenvalue weighted by molar-refractivity contribution is 0.0955. The Bertz CT molecular complexity index is 615. The number of hydrogen-bond donors (Lipinski definition) is 1. The van der Waals surface area contributed by atoms with E-state index in [1.165, 1.54) is 18.6 Å². The molecule has 1 N–H and O–H groups in total. The molecule has 1 heterocycles. The topological polar surface area (TPSA) is 54.4 Å². The molecular formula is C13H9Cl2N3O. The van der Waals surface area contributed by atoms with Gasteiger partial charge in [-0.15, -0.1) is 0 Å². The molecule has 0 saturated heterocycles. The Morgan fingerprint density at radius 2 is 1.95 bits per heavy atom. The first-order valence-electron chi connectivity index (χ1n) is 5.36. The van der Waals surface area contributed by atoms with Crippen LogP contribution in [0.2, 0.25) is 10.0 Å². The number of halogens is 2. The Balaban J connectivity index is 2.05. The summed E-state index contributed by atoms with van der Waals surface area (Å²) in [6.07, 6.45) is 4.51. The second kappa shape index (κ2) is 6.31. The summed E-state index contributed by atoms with van der Waals surface area (Å²) in [4.78, 5) is 15.5. The maximum atomic E-state index is 11.7. The molecule has 0 aliphatic heterocycles. The predicted octanol–water partition coefficient (Wildman–Crippen LogP) is 3.15. The summed E-state index contributed by atoms with van der Waals surface area (Å²) in [7, 11) is 0. The van der Waals surface area contributed by atoms with Crippen LogP contribution in [0, 0.1) is 0 Å². The Kier molecular flexibility index (Phi) is 4.49. The lowest BCUT2D eigenvalue weighted by Gasteiger charge is -2.01. The molecule has 2 aromatic rings. The molecule has 19 heavy (non-hydrogen) atoms. The van der Waals surface area contributed by atoms with Crippen molar-refractivity contribution >= 4 is 35.3 Å². The van der Waals surface area contributed by atoms with Crippen LogP contribution in [0.25, 0.3) is 0 Å². The zero-order chi connectivity index (χ0) is 13.7. The molecule has 1 amide bonds. The van der Waals surface area contributed by atoms with Gasteiger partial charge in [-0.3, -0.25) is 9.78 Å². The van der Waals surface area contributed by atoms with Gasteiger partial charge in [0.1, 0.15) is 0 Å². The number of hydrogen-bond acceptors (Lipinski definition) is 3. The quantitative estimate of drug-likeness (QED) is 0.698. The van der Waals surface area contributed by atoms with E-state index in [9.17, 15) is 4.79 Å². The Morgan fingerprint density at radius 3 is 2.68 bits per heavy atom. The molecule has 4 nitrogen and oxygen atoms in total. The maximum Gasteiger partial charge on any atom is 0.271 e. The molecule has 0 radical (unpaired) electrons. The van der Waals surface area contributed by atoms with E-state index in [0.29, 0.717) is 21.2 Å². The van der Waals surface area contributed by atoms with Crippen LogP contribution >= 0.6 is 23.2 Å². The van der Waals surface area contributed by atoms with Crippen LogP contribution < -0.4 is 5.43 Å². The Hall–Kier alpha value is -1.91. The molecule has 0 bridgehead atoms. The predicted molar refractivity (Wildman–Crippen MR) is 75.8 cm³/mol. The van der Waals surface area contributed by atoms with Gasteiger partial charge in [0.2, 0.25) is 0 Å². The van der Waals surface area contributed by atoms with E-state index in [0.717, 1.165) is 0 Å². The second-order valence-corrected chi connectivity index (χ2v) is 4.36. The van der Waals surface area contributed by atoms with Gasteiger partial charge in [0.25, 0.3) is 5.91 Å². The summed E-state index contributed by atoms with van der Waals surface area (Å²) in [5.74, 6) is -0.322. The Labute approximate surface area is 120 Å². The average molecular weight is 294 g/mol. The molecule has 2 rings (SSSR count). The van der Waals surface area contributed by atoms with Gasteiger partial charge in [-0.2, -0.15) is 5.10 Å². The molecule has 0 atom stereocenters. The highest BCUT2D eigenvalue weighted by atomic mass is 35.5. The zero-order valence-corrected chi connectivity index (χ0v) is 11.2. The zero-order valence-electron chi connectivity index (χ0n) is 9.68. The van der Waals surface area contributed by atoms with E-state index < -0.39 is 0 Å². The standard InChI is InChI=1S/C13H9Cl2N3O/c14-11-3-1-2-10(12(11)15)8-17-18-13(19)9-4-6-16-7-5-9/h1-8H,(H,18,19)/b17-8-. The van der Waals surface area contributed by atoms with Crippen molar-refractivity contribution in [3.63, 3.8) is 0 Å². The van der Waals surface area contributed by atoms with Crippen molar-refractivity contribution in [2.24, 2.45) is 5.10 Å². The highest BCUT2D eigenvalue weighted by Gasteiger charge is 2.03. The SMILES string of the molecule is O=C(N/N=C\c1cccc(Cl)c1Cl)c1ccncc1. The molecule has 1 aromatic carbocycles. The van der Waals surface area contributed by atoms with E-state index in [2.05, 4.69) is 15.5 Å². The van der Waals surface area contributed by atoms with Crippen molar-refractivity contribution in [3.05, 3.63) is 63.9 Å². The molecule has 96 valence electrons. The molecule has 0 aliphatic carbocycles. The first kappa shape index (κ1) is 13.5. The highest BCUT2D eigenvalue weighted by Crippen LogP contribution is 2.23. The van der Waals surface area contributed by atoms with Crippen LogP contribution in [0.1, 0.15) is 15.9 Å². The molecule has 0 unspecified atom stereocenters. The number of nitrogens with zero attached hydrogens (tertiary/aromatic N) is 2.